The van der Waals surface area contributed by atoms with Crippen LogP contribution in [-0.2, 0) is 16.1 Å². The van der Waals surface area contributed by atoms with Crippen LogP contribution in [0.5, 0.6) is 11.5 Å². The lowest BCUT2D eigenvalue weighted by Crippen LogP contribution is -2.11. The Morgan fingerprint density at radius 2 is 2.10 bits per heavy atom. The summed E-state index contributed by atoms with van der Waals surface area (Å²) in [5, 5.41) is 4.23. The summed E-state index contributed by atoms with van der Waals surface area (Å²) in [6.45, 7) is 2.49. The molecule has 0 amide bonds. The quantitative estimate of drug-likeness (QED) is 0.751. The third kappa shape index (κ3) is 3.50. The molecule has 0 aliphatic rings. The van der Waals surface area contributed by atoms with Gasteiger partial charge in [-0.2, -0.15) is 5.10 Å². The monoisotopic (exact) mass is 291 g/mol. The van der Waals surface area contributed by atoms with E-state index in [4.69, 9.17) is 9.47 Å². The molecule has 0 saturated carbocycles. The van der Waals surface area contributed by atoms with Crippen molar-refractivity contribution in [2.24, 2.45) is 0 Å². The maximum absolute atomic E-state index is 11.2. The third-order valence-electron chi connectivity index (χ3n) is 2.78. The number of carbonyl (C=O) groups is 1. The maximum Gasteiger partial charge on any atom is 0.327 e. The van der Waals surface area contributed by atoms with Gasteiger partial charge in [0.05, 0.1) is 20.8 Å². The Morgan fingerprint density at radius 3 is 2.76 bits per heavy atom. The zero-order valence-corrected chi connectivity index (χ0v) is 12.2. The molecule has 0 aliphatic carbocycles. The summed E-state index contributed by atoms with van der Waals surface area (Å²) in [4.78, 5) is 15.4. The number of aromatic nitrogens is 3. The van der Waals surface area contributed by atoms with Gasteiger partial charge in [-0.15, -0.1) is 0 Å². The van der Waals surface area contributed by atoms with E-state index in [0.29, 0.717) is 23.9 Å². The molecule has 112 valence electrons. The molecule has 0 fully saturated rings. The van der Waals surface area contributed by atoms with Crippen LogP contribution < -0.4 is 9.47 Å². The molecule has 7 heteroatoms. The molecule has 0 atom stereocenters. The highest BCUT2D eigenvalue weighted by molar-refractivity contribution is 5.69. The van der Waals surface area contributed by atoms with Crippen LogP contribution in [0.4, 0.5) is 0 Å². The summed E-state index contributed by atoms with van der Waals surface area (Å²) in [5.74, 6) is 1.40. The van der Waals surface area contributed by atoms with Gasteiger partial charge in [0, 0.05) is 5.56 Å². The van der Waals surface area contributed by atoms with Gasteiger partial charge in [0.1, 0.15) is 12.9 Å². The molecule has 1 aromatic carbocycles. The Balaban J connectivity index is 2.23. The average molecular weight is 291 g/mol. The van der Waals surface area contributed by atoms with Crippen molar-refractivity contribution in [1.82, 2.24) is 14.8 Å². The molecule has 21 heavy (non-hydrogen) atoms. The fourth-order valence-corrected chi connectivity index (χ4v) is 1.78. The molecule has 1 heterocycles. The third-order valence-corrected chi connectivity index (χ3v) is 2.78. The smallest absolute Gasteiger partial charge is 0.327 e. The van der Waals surface area contributed by atoms with Crippen molar-refractivity contribution in [3.05, 3.63) is 24.5 Å². The van der Waals surface area contributed by atoms with Crippen LogP contribution in [0.15, 0.2) is 24.5 Å². The second-order valence-electron chi connectivity index (χ2n) is 4.14. The summed E-state index contributed by atoms with van der Waals surface area (Å²) in [6, 6.07) is 5.44. The first-order valence-electron chi connectivity index (χ1n) is 6.45. The lowest BCUT2D eigenvalue weighted by molar-refractivity contribution is -0.141. The normalized spacial score (nSPS) is 10.2. The number of nitrogens with zero attached hydrogens (tertiary/aromatic N) is 3. The topological polar surface area (TPSA) is 75.5 Å². The van der Waals surface area contributed by atoms with E-state index in [2.05, 4.69) is 14.8 Å². The second kappa shape index (κ2) is 6.74. The second-order valence-corrected chi connectivity index (χ2v) is 4.14. The van der Waals surface area contributed by atoms with Gasteiger partial charge in [-0.05, 0) is 25.1 Å². The molecule has 0 spiro atoms. The van der Waals surface area contributed by atoms with Gasteiger partial charge in [0.2, 0.25) is 0 Å². The van der Waals surface area contributed by atoms with Gasteiger partial charge in [-0.3, -0.25) is 4.79 Å². The van der Waals surface area contributed by atoms with E-state index < -0.39 is 0 Å². The highest BCUT2D eigenvalue weighted by Crippen LogP contribution is 2.31. The van der Waals surface area contributed by atoms with E-state index >= 15 is 0 Å². The highest BCUT2D eigenvalue weighted by Gasteiger charge is 2.11. The van der Waals surface area contributed by atoms with Gasteiger partial charge in [0.15, 0.2) is 17.3 Å². The highest BCUT2D eigenvalue weighted by atomic mass is 16.5. The van der Waals surface area contributed by atoms with E-state index in [1.807, 2.05) is 13.0 Å². The predicted molar refractivity (Wildman–Crippen MR) is 75.2 cm³/mol. The largest absolute Gasteiger partial charge is 0.493 e. The van der Waals surface area contributed by atoms with E-state index in [9.17, 15) is 4.79 Å². The van der Waals surface area contributed by atoms with E-state index in [1.165, 1.54) is 18.1 Å². The molecule has 0 aliphatic heterocycles. The summed E-state index contributed by atoms with van der Waals surface area (Å²) >= 11 is 0. The van der Waals surface area contributed by atoms with Gasteiger partial charge >= 0.3 is 5.97 Å². The number of carbonyl (C=O) groups excluding carboxylic acids is 1. The van der Waals surface area contributed by atoms with Crippen molar-refractivity contribution >= 4 is 5.97 Å². The minimum Gasteiger partial charge on any atom is -0.493 e. The molecule has 0 radical (unpaired) electrons. The predicted octanol–water partition coefficient (Wildman–Crippen LogP) is 1.53. The molecule has 1 aromatic heterocycles. The summed E-state index contributed by atoms with van der Waals surface area (Å²) in [7, 11) is 2.91. The summed E-state index contributed by atoms with van der Waals surface area (Å²) in [5.41, 5.74) is 0.777. The van der Waals surface area contributed by atoms with Crippen molar-refractivity contribution in [2.45, 2.75) is 13.5 Å². The Kier molecular flexibility index (Phi) is 4.76. The Morgan fingerprint density at radius 1 is 1.29 bits per heavy atom. The molecule has 2 aromatic rings. The number of methoxy groups -OCH3 is 2. The lowest BCUT2D eigenvalue weighted by Gasteiger charge is -2.09. The summed E-state index contributed by atoms with van der Waals surface area (Å²) < 4.78 is 16.8. The minimum atomic E-state index is -0.379. The molecule has 2 rings (SSSR count). The number of ether oxygens (including phenoxy) is 3. The lowest BCUT2D eigenvalue weighted by atomic mass is 10.2. The van der Waals surface area contributed by atoms with E-state index in [0.717, 1.165) is 5.56 Å². The van der Waals surface area contributed by atoms with Gasteiger partial charge in [-0.25, -0.2) is 9.67 Å². The van der Waals surface area contributed by atoms with Crippen molar-refractivity contribution < 1.29 is 19.0 Å². The maximum atomic E-state index is 11.2. The molecule has 0 unspecified atom stereocenters. The molecule has 0 saturated heterocycles. The van der Waals surface area contributed by atoms with Gasteiger partial charge in [-0.1, -0.05) is 0 Å². The molecular formula is C14H17N3O4. The molecule has 0 bridgehead atoms. The van der Waals surface area contributed by atoms with Crippen molar-refractivity contribution in [3.63, 3.8) is 0 Å². The van der Waals surface area contributed by atoms with E-state index in [-0.39, 0.29) is 12.5 Å². The SMILES string of the molecule is CCOc1ccc(-c2ncn(CC(=O)OC)n2)cc1OC. The van der Waals surface area contributed by atoms with Crippen LogP contribution >= 0.6 is 0 Å². The molecule has 7 nitrogen and oxygen atoms in total. The number of hydrogen-bond donors (Lipinski definition) is 0. The van der Waals surface area contributed by atoms with E-state index in [1.54, 1.807) is 19.2 Å². The number of benzene rings is 1. The number of rotatable bonds is 6. The van der Waals surface area contributed by atoms with Crippen LogP contribution in [0.1, 0.15) is 6.92 Å². The molecule has 0 N–H and O–H groups in total. The van der Waals surface area contributed by atoms with Crippen LogP contribution in [0.3, 0.4) is 0 Å². The Labute approximate surface area is 122 Å². The minimum absolute atomic E-state index is 0.0255. The van der Waals surface area contributed by atoms with Crippen molar-refractivity contribution in [3.8, 4) is 22.9 Å². The zero-order valence-electron chi connectivity index (χ0n) is 12.2. The fraction of sp³-hybridized carbons (Fsp3) is 0.357. The van der Waals surface area contributed by atoms with Gasteiger partial charge < -0.3 is 14.2 Å². The zero-order chi connectivity index (χ0) is 15.2. The van der Waals surface area contributed by atoms with Crippen molar-refractivity contribution in [1.29, 1.82) is 0 Å². The van der Waals surface area contributed by atoms with Crippen molar-refractivity contribution in [2.75, 3.05) is 20.8 Å². The molecular weight excluding hydrogens is 274 g/mol. The Hall–Kier alpha value is -2.57. The number of hydrogen-bond acceptors (Lipinski definition) is 6. The standard InChI is InChI=1S/C14H17N3O4/c1-4-21-11-6-5-10(7-12(11)19-2)14-15-9-17(16-14)8-13(18)20-3/h5-7,9H,4,8H2,1-3H3. The van der Waals surface area contributed by atoms with Crippen LogP contribution in [0.25, 0.3) is 11.4 Å². The van der Waals surface area contributed by atoms with Crippen LogP contribution in [0, 0.1) is 0 Å². The van der Waals surface area contributed by atoms with Gasteiger partial charge in [0.25, 0.3) is 0 Å². The van der Waals surface area contributed by atoms with Crippen LogP contribution in [-0.4, -0.2) is 41.6 Å². The first-order valence-corrected chi connectivity index (χ1v) is 6.45. The fourth-order valence-electron chi connectivity index (χ4n) is 1.78. The summed E-state index contributed by atoms with van der Waals surface area (Å²) in [6.07, 6.45) is 1.48. The first kappa shape index (κ1) is 14.8. The first-order chi connectivity index (χ1) is 10.2. The number of esters is 1. The average Bonchev–Trinajstić information content (AvgIpc) is 2.96. The van der Waals surface area contributed by atoms with Crippen LogP contribution in [0.2, 0.25) is 0 Å². The Bertz CT molecular complexity index is 624.